The lowest BCUT2D eigenvalue weighted by Crippen LogP contribution is -2.09. The monoisotopic (exact) mass is 235 g/mol. The Morgan fingerprint density at radius 2 is 1.88 bits per heavy atom. The topological polar surface area (TPSA) is 29.5 Å². The van der Waals surface area contributed by atoms with Crippen LogP contribution in [0.3, 0.4) is 0 Å². The molecule has 0 aliphatic carbocycles. The summed E-state index contributed by atoms with van der Waals surface area (Å²) >= 11 is 0. The molecule has 1 rings (SSSR count). The maximum Gasteiger partial charge on any atom is 0.129 e. The van der Waals surface area contributed by atoms with E-state index in [1.54, 1.807) is 14.0 Å². The Morgan fingerprint density at radius 3 is 2.29 bits per heavy atom. The van der Waals surface area contributed by atoms with Crippen molar-refractivity contribution < 1.29 is 9.53 Å². The molecule has 1 aromatic rings. The van der Waals surface area contributed by atoms with E-state index in [9.17, 15) is 4.79 Å². The molecule has 0 aliphatic heterocycles. The highest BCUT2D eigenvalue weighted by atomic mass is 16.5. The molecule has 0 saturated carbocycles. The standard InChI is InChI=1S/C14H21NO2/c1-11(16)5-10-14(17-4)12-6-8-13(9-7-12)15(2)3/h6-9,14H,5,10H2,1-4H3. The van der Waals surface area contributed by atoms with Crippen molar-refractivity contribution in [2.45, 2.75) is 25.9 Å². The second-order valence-electron chi connectivity index (χ2n) is 4.45. The van der Waals surface area contributed by atoms with Gasteiger partial charge in [-0.05, 0) is 31.0 Å². The Labute approximate surface area is 103 Å². The summed E-state index contributed by atoms with van der Waals surface area (Å²) in [6.45, 7) is 1.61. The van der Waals surface area contributed by atoms with Gasteiger partial charge in [0.25, 0.3) is 0 Å². The van der Waals surface area contributed by atoms with Crippen molar-refractivity contribution in [2.75, 3.05) is 26.1 Å². The molecule has 0 N–H and O–H groups in total. The van der Waals surface area contributed by atoms with Gasteiger partial charge in [0, 0.05) is 33.3 Å². The molecule has 3 nitrogen and oxygen atoms in total. The van der Waals surface area contributed by atoms with E-state index in [4.69, 9.17) is 4.74 Å². The van der Waals surface area contributed by atoms with Crippen LogP contribution in [0.1, 0.15) is 31.4 Å². The molecular weight excluding hydrogens is 214 g/mol. The van der Waals surface area contributed by atoms with Crippen molar-refractivity contribution in [1.29, 1.82) is 0 Å². The van der Waals surface area contributed by atoms with Crippen LogP contribution < -0.4 is 4.90 Å². The molecule has 17 heavy (non-hydrogen) atoms. The number of nitrogens with zero attached hydrogens (tertiary/aromatic N) is 1. The van der Waals surface area contributed by atoms with E-state index in [1.807, 2.05) is 14.1 Å². The maximum absolute atomic E-state index is 11.0. The summed E-state index contributed by atoms with van der Waals surface area (Å²) in [5.74, 6) is 0.206. The highest BCUT2D eigenvalue weighted by molar-refractivity contribution is 5.75. The van der Waals surface area contributed by atoms with Gasteiger partial charge < -0.3 is 14.4 Å². The van der Waals surface area contributed by atoms with Crippen LogP contribution in [0.5, 0.6) is 0 Å². The van der Waals surface area contributed by atoms with Crippen LogP contribution in [0.4, 0.5) is 5.69 Å². The fourth-order valence-electron chi connectivity index (χ4n) is 1.74. The molecule has 94 valence electrons. The quantitative estimate of drug-likeness (QED) is 0.759. The first-order chi connectivity index (χ1) is 8.04. The summed E-state index contributed by atoms with van der Waals surface area (Å²) < 4.78 is 5.42. The molecule has 0 saturated heterocycles. The number of rotatable bonds is 6. The lowest BCUT2D eigenvalue weighted by molar-refractivity contribution is -0.117. The molecule has 1 atom stereocenters. The van der Waals surface area contributed by atoms with Crippen LogP contribution in [0.25, 0.3) is 0 Å². The first-order valence-corrected chi connectivity index (χ1v) is 5.84. The molecule has 1 aromatic carbocycles. The molecule has 0 aromatic heterocycles. The fourth-order valence-corrected chi connectivity index (χ4v) is 1.74. The summed E-state index contributed by atoms with van der Waals surface area (Å²) in [6.07, 6.45) is 1.32. The Hall–Kier alpha value is -1.35. The molecule has 0 spiro atoms. The molecule has 0 bridgehead atoms. The summed E-state index contributed by atoms with van der Waals surface area (Å²) in [5.41, 5.74) is 2.29. The number of anilines is 1. The van der Waals surface area contributed by atoms with E-state index in [0.717, 1.165) is 17.7 Å². The third kappa shape index (κ3) is 4.19. The third-order valence-electron chi connectivity index (χ3n) is 2.82. The first kappa shape index (κ1) is 13.7. The van der Waals surface area contributed by atoms with Gasteiger partial charge in [-0.15, -0.1) is 0 Å². The van der Waals surface area contributed by atoms with E-state index in [0.29, 0.717) is 6.42 Å². The summed E-state index contributed by atoms with van der Waals surface area (Å²) in [7, 11) is 5.71. The highest BCUT2D eigenvalue weighted by Crippen LogP contribution is 2.24. The minimum Gasteiger partial charge on any atom is -0.378 e. The number of ketones is 1. The van der Waals surface area contributed by atoms with Gasteiger partial charge in [0.2, 0.25) is 0 Å². The van der Waals surface area contributed by atoms with Gasteiger partial charge in [-0.2, -0.15) is 0 Å². The predicted molar refractivity (Wildman–Crippen MR) is 70.4 cm³/mol. The summed E-state index contributed by atoms with van der Waals surface area (Å²) in [5, 5.41) is 0. The number of benzene rings is 1. The van der Waals surface area contributed by atoms with Gasteiger partial charge in [-0.1, -0.05) is 12.1 Å². The smallest absolute Gasteiger partial charge is 0.129 e. The van der Waals surface area contributed by atoms with Crippen molar-refractivity contribution in [3.63, 3.8) is 0 Å². The molecule has 0 aliphatic rings. The third-order valence-corrected chi connectivity index (χ3v) is 2.82. The van der Waals surface area contributed by atoms with Crippen LogP contribution in [0.2, 0.25) is 0 Å². The van der Waals surface area contributed by atoms with Crippen LogP contribution in [0.15, 0.2) is 24.3 Å². The van der Waals surface area contributed by atoms with Crippen molar-refractivity contribution in [3.8, 4) is 0 Å². The van der Waals surface area contributed by atoms with Gasteiger partial charge in [0.15, 0.2) is 0 Å². The molecule has 3 heteroatoms. The molecule has 0 radical (unpaired) electrons. The van der Waals surface area contributed by atoms with E-state index >= 15 is 0 Å². The van der Waals surface area contributed by atoms with E-state index < -0.39 is 0 Å². The van der Waals surface area contributed by atoms with Crippen LogP contribution in [-0.2, 0) is 9.53 Å². The number of methoxy groups -OCH3 is 1. The number of ether oxygens (including phenoxy) is 1. The SMILES string of the molecule is COC(CCC(C)=O)c1ccc(N(C)C)cc1. The highest BCUT2D eigenvalue weighted by Gasteiger charge is 2.11. The van der Waals surface area contributed by atoms with Crippen molar-refractivity contribution >= 4 is 11.5 Å². The second kappa shape index (κ2) is 6.40. The minimum atomic E-state index is 0.00936. The molecule has 0 heterocycles. The van der Waals surface area contributed by atoms with E-state index in [2.05, 4.69) is 29.2 Å². The number of carbonyl (C=O) groups excluding carboxylic acids is 1. The molecule has 0 fully saturated rings. The first-order valence-electron chi connectivity index (χ1n) is 5.84. The molecule has 0 amide bonds. The molecular formula is C14H21NO2. The Kier molecular flexibility index (Phi) is 5.16. The Bertz CT molecular complexity index is 357. The van der Waals surface area contributed by atoms with Crippen molar-refractivity contribution in [2.24, 2.45) is 0 Å². The normalized spacial score (nSPS) is 12.2. The van der Waals surface area contributed by atoms with Gasteiger partial charge in [-0.3, -0.25) is 0 Å². The van der Waals surface area contributed by atoms with Crippen LogP contribution in [-0.4, -0.2) is 27.0 Å². The zero-order valence-electron chi connectivity index (χ0n) is 11.1. The van der Waals surface area contributed by atoms with Crippen molar-refractivity contribution in [1.82, 2.24) is 0 Å². The van der Waals surface area contributed by atoms with Gasteiger partial charge >= 0.3 is 0 Å². The molecule has 1 unspecified atom stereocenters. The van der Waals surface area contributed by atoms with Crippen molar-refractivity contribution in [3.05, 3.63) is 29.8 Å². The number of hydrogen-bond donors (Lipinski definition) is 0. The predicted octanol–water partition coefficient (Wildman–Crippen LogP) is 2.81. The minimum absolute atomic E-state index is 0.00936. The zero-order valence-corrected chi connectivity index (χ0v) is 11.1. The van der Waals surface area contributed by atoms with Crippen LogP contribution in [0, 0.1) is 0 Å². The van der Waals surface area contributed by atoms with Crippen LogP contribution >= 0.6 is 0 Å². The zero-order chi connectivity index (χ0) is 12.8. The van der Waals surface area contributed by atoms with Gasteiger partial charge in [0.05, 0.1) is 6.10 Å². The van der Waals surface area contributed by atoms with E-state index in [1.165, 1.54) is 0 Å². The van der Waals surface area contributed by atoms with Gasteiger partial charge in [0.1, 0.15) is 5.78 Å². The number of Topliss-reactive ketones (excluding diaryl/α,β-unsaturated/α-hetero) is 1. The number of carbonyl (C=O) groups is 1. The second-order valence-corrected chi connectivity index (χ2v) is 4.45. The Morgan fingerprint density at radius 1 is 1.29 bits per heavy atom. The lowest BCUT2D eigenvalue weighted by atomic mass is 10.0. The average Bonchev–Trinajstić information content (AvgIpc) is 2.30. The summed E-state index contributed by atoms with van der Waals surface area (Å²) in [6, 6.07) is 8.25. The Balaban J connectivity index is 2.71. The largest absolute Gasteiger partial charge is 0.378 e. The summed E-state index contributed by atoms with van der Waals surface area (Å²) in [4.78, 5) is 13.0. The number of hydrogen-bond acceptors (Lipinski definition) is 3. The fraction of sp³-hybridized carbons (Fsp3) is 0.500. The maximum atomic E-state index is 11.0. The van der Waals surface area contributed by atoms with E-state index in [-0.39, 0.29) is 11.9 Å². The lowest BCUT2D eigenvalue weighted by Gasteiger charge is -2.17. The average molecular weight is 235 g/mol. The van der Waals surface area contributed by atoms with Gasteiger partial charge in [-0.25, -0.2) is 0 Å².